The van der Waals surface area contributed by atoms with Crippen molar-refractivity contribution < 1.29 is 18.0 Å². The number of carbonyl (C=O) groups excluding carboxylic acids is 1. The van der Waals surface area contributed by atoms with Gasteiger partial charge in [-0.05, 0) is 36.0 Å². The summed E-state index contributed by atoms with van der Waals surface area (Å²) < 4.78 is 37.0. The van der Waals surface area contributed by atoms with Crippen molar-refractivity contribution in [3.05, 3.63) is 48.4 Å². The average Bonchev–Trinajstić information content (AvgIpc) is 2.61. The standard InChI is InChI=1S/C16H15F3N4OS/c17-16(18,19)25-13-3-1-12(2-4-13)15(24)23-9-7-22(8-10-23)14-11-20-5-6-21-14/h1-6,11H,7-10H2. The van der Waals surface area contributed by atoms with Gasteiger partial charge in [0.15, 0.2) is 0 Å². The van der Waals surface area contributed by atoms with Crippen molar-refractivity contribution in [3.63, 3.8) is 0 Å². The van der Waals surface area contributed by atoms with E-state index < -0.39 is 5.51 Å². The smallest absolute Gasteiger partial charge is 0.352 e. The van der Waals surface area contributed by atoms with Gasteiger partial charge >= 0.3 is 5.51 Å². The summed E-state index contributed by atoms with van der Waals surface area (Å²) >= 11 is -0.190. The third-order valence-electron chi connectivity index (χ3n) is 3.78. The number of anilines is 1. The van der Waals surface area contributed by atoms with Crippen LogP contribution in [-0.4, -0.2) is 52.5 Å². The van der Waals surface area contributed by atoms with Gasteiger partial charge < -0.3 is 9.80 Å². The molecule has 1 aliphatic rings. The predicted molar refractivity (Wildman–Crippen MR) is 88.5 cm³/mol. The fourth-order valence-electron chi connectivity index (χ4n) is 2.57. The number of hydrogen-bond donors (Lipinski definition) is 0. The Morgan fingerprint density at radius 2 is 1.72 bits per heavy atom. The van der Waals surface area contributed by atoms with Crippen LogP contribution in [0.25, 0.3) is 0 Å². The summed E-state index contributed by atoms with van der Waals surface area (Å²) in [5.74, 6) is 0.588. The van der Waals surface area contributed by atoms with Gasteiger partial charge in [0.05, 0.1) is 6.20 Å². The minimum absolute atomic E-state index is 0.0662. The van der Waals surface area contributed by atoms with Crippen LogP contribution in [0.2, 0.25) is 0 Å². The highest BCUT2D eigenvalue weighted by molar-refractivity contribution is 8.00. The molecular weight excluding hydrogens is 353 g/mol. The Bertz CT molecular complexity index is 716. The maximum absolute atomic E-state index is 12.5. The first-order chi connectivity index (χ1) is 11.9. The van der Waals surface area contributed by atoms with Crippen molar-refractivity contribution in [3.8, 4) is 0 Å². The molecule has 9 heteroatoms. The number of aromatic nitrogens is 2. The number of benzene rings is 1. The largest absolute Gasteiger partial charge is 0.446 e. The molecule has 25 heavy (non-hydrogen) atoms. The van der Waals surface area contributed by atoms with Crippen LogP contribution < -0.4 is 4.90 Å². The highest BCUT2D eigenvalue weighted by Gasteiger charge is 2.29. The molecule has 0 bridgehead atoms. The van der Waals surface area contributed by atoms with E-state index >= 15 is 0 Å². The molecule has 3 rings (SSSR count). The monoisotopic (exact) mass is 368 g/mol. The number of carbonyl (C=O) groups is 1. The Hall–Kier alpha value is -2.29. The molecule has 1 aromatic carbocycles. The van der Waals surface area contributed by atoms with Gasteiger partial charge in [-0.2, -0.15) is 13.2 Å². The van der Waals surface area contributed by atoms with E-state index in [1.54, 1.807) is 23.5 Å². The minimum Gasteiger partial charge on any atom is -0.352 e. The molecule has 0 unspecified atom stereocenters. The fourth-order valence-corrected chi connectivity index (χ4v) is 3.11. The van der Waals surface area contributed by atoms with E-state index in [2.05, 4.69) is 9.97 Å². The van der Waals surface area contributed by atoms with Crippen molar-refractivity contribution in [2.45, 2.75) is 10.4 Å². The lowest BCUT2D eigenvalue weighted by molar-refractivity contribution is -0.0328. The number of nitrogens with zero attached hydrogens (tertiary/aromatic N) is 4. The lowest BCUT2D eigenvalue weighted by Gasteiger charge is -2.35. The van der Waals surface area contributed by atoms with Gasteiger partial charge in [-0.3, -0.25) is 9.78 Å². The van der Waals surface area contributed by atoms with Crippen molar-refractivity contribution in [1.29, 1.82) is 0 Å². The Morgan fingerprint density at radius 1 is 1.04 bits per heavy atom. The molecule has 0 atom stereocenters. The zero-order valence-electron chi connectivity index (χ0n) is 13.1. The Labute approximate surface area is 146 Å². The van der Waals surface area contributed by atoms with Crippen LogP contribution in [-0.2, 0) is 0 Å². The van der Waals surface area contributed by atoms with Crippen molar-refractivity contribution >= 4 is 23.5 Å². The second-order valence-corrected chi connectivity index (χ2v) is 6.55. The van der Waals surface area contributed by atoms with Gasteiger partial charge in [0.2, 0.25) is 0 Å². The molecule has 0 saturated carbocycles. The maximum Gasteiger partial charge on any atom is 0.446 e. The summed E-state index contributed by atoms with van der Waals surface area (Å²) in [5.41, 5.74) is -3.94. The molecular formula is C16H15F3N4OS. The summed E-state index contributed by atoms with van der Waals surface area (Å²) in [6, 6.07) is 5.51. The summed E-state index contributed by atoms with van der Waals surface area (Å²) in [4.78, 5) is 24.6. The van der Waals surface area contributed by atoms with E-state index in [0.29, 0.717) is 31.7 Å². The molecule has 1 aliphatic heterocycles. The number of halogens is 3. The molecule has 2 heterocycles. The molecule has 0 N–H and O–H groups in total. The van der Waals surface area contributed by atoms with Crippen molar-refractivity contribution in [2.24, 2.45) is 0 Å². The molecule has 132 valence electrons. The van der Waals surface area contributed by atoms with E-state index in [4.69, 9.17) is 0 Å². The van der Waals surface area contributed by atoms with E-state index in [-0.39, 0.29) is 22.6 Å². The molecule has 1 amide bonds. The Kier molecular flexibility index (Phi) is 5.12. The normalized spacial score (nSPS) is 15.3. The van der Waals surface area contributed by atoms with Crippen molar-refractivity contribution in [1.82, 2.24) is 14.9 Å². The Balaban J connectivity index is 1.59. The molecule has 0 aliphatic carbocycles. The molecule has 1 aromatic heterocycles. The zero-order chi connectivity index (χ0) is 17.9. The maximum atomic E-state index is 12.5. The molecule has 1 saturated heterocycles. The average molecular weight is 368 g/mol. The summed E-state index contributed by atoms with van der Waals surface area (Å²) in [6.45, 7) is 2.31. The van der Waals surface area contributed by atoms with Crippen LogP contribution in [0.1, 0.15) is 10.4 Å². The van der Waals surface area contributed by atoms with Gasteiger partial charge in [-0.25, -0.2) is 4.98 Å². The topological polar surface area (TPSA) is 49.3 Å². The summed E-state index contributed by atoms with van der Waals surface area (Å²) in [5, 5.41) is 0. The summed E-state index contributed by atoms with van der Waals surface area (Å²) in [7, 11) is 0. The summed E-state index contributed by atoms with van der Waals surface area (Å²) in [6.07, 6.45) is 4.89. The van der Waals surface area contributed by atoms with E-state index in [1.165, 1.54) is 24.3 Å². The van der Waals surface area contributed by atoms with E-state index in [1.807, 2.05) is 4.90 Å². The van der Waals surface area contributed by atoms with Crippen molar-refractivity contribution in [2.75, 3.05) is 31.1 Å². The first-order valence-electron chi connectivity index (χ1n) is 7.58. The first-order valence-corrected chi connectivity index (χ1v) is 8.40. The molecule has 0 spiro atoms. The second kappa shape index (κ2) is 7.30. The van der Waals surface area contributed by atoms with Crippen LogP contribution in [0, 0.1) is 0 Å². The lowest BCUT2D eigenvalue weighted by atomic mass is 10.2. The minimum atomic E-state index is -4.33. The lowest BCUT2D eigenvalue weighted by Crippen LogP contribution is -2.49. The van der Waals surface area contributed by atoms with Gasteiger partial charge in [-0.1, -0.05) is 0 Å². The third kappa shape index (κ3) is 4.62. The molecule has 0 radical (unpaired) electrons. The van der Waals surface area contributed by atoms with E-state index in [9.17, 15) is 18.0 Å². The highest BCUT2D eigenvalue weighted by Crippen LogP contribution is 2.36. The van der Waals surface area contributed by atoms with Gasteiger partial charge in [-0.15, -0.1) is 0 Å². The van der Waals surface area contributed by atoms with Gasteiger partial charge in [0, 0.05) is 49.0 Å². The van der Waals surface area contributed by atoms with Crippen LogP contribution in [0.3, 0.4) is 0 Å². The fraction of sp³-hybridized carbons (Fsp3) is 0.312. The quantitative estimate of drug-likeness (QED) is 0.780. The Morgan fingerprint density at radius 3 is 2.28 bits per heavy atom. The number of amides is 1. The zero-order valence-corrected chi connectivity index (χ0v) is 13.9. The van der Waals surface area contributed by atoms with Crippen LogP contribution in [0.15, 0.2) is 47.8 Å². The molecule has 5 nitrogen and oxygen atoms in total. The molecule has 2 aromatic rings. The molecule has 1 fully saturated rings. The van der Waals surface area contributed by atoms with E-state index in [0.717, 1.165) is 5.82 Å². The third-order valence-corrected chi connectivity index (χ3v) is 4.51. The number of rotatable bonds is 3. The number of piperazine rings is 1. The number of hydrogen-bond acceptors (Lipinski definition) is 5. The van der Waals surface area contributed by atoms with Gasteiger partial charge in [0.1, 0.15) is 5.82 Å². The van der Waals surface area contributed by atoms with Crippen LogP contribution in [0.5, 0.6) is 0 Å². The SMILES string of the molecule is O=C(c1ccc(SC(F)(F)F)cc1)N1CCN(c2cnccn2)CC1. The van der Waals surface area contributed by atoms with Crippen LogP contribution >= 0.6 is 11.8 Å². The number of alkyl halides is 3. The van der Waals surface area contributed by atoms with Gasteiger partial charge in [0.25, 0.3) is 5.91 Å². The second-order valence-electron chi connectivity index (χ2n) is 5.42. The first kappa shape index (κ1) is 17.5. The number of thioether (sulfide) groups is 1. The highest BCUT2D eigenvalue weighted by atomic mass is 32.2. The van der Waals surface area contributed by atoms with Crippen LogP contribution in [0.4, 0.5) is 19.0 Å². The predicted octanol–water partition coefficient (Wildman–Crippen LogP) is 3.05.